The smallest absolute Gasteiger partial charge is 0.243 e. The Bertz CT molecular complexity index is 981. The maximum Gasteiger partial charge on any atom is 0.243 e. The minimum absolute atomic E-state index is 0.141. The number of anilines is 2. The zero-order valence-electron chi connectivity index (χ0n) is 17.4. The largest absolute Gasteiger partial charge is 0.370 e. The van der Waals surface area contributed by atoms with Crippen LogP contribution in [-0.4, -0.2) is 44.8 Å². The number of carbonyl (C=O) groups is 1. The molecule has 0 spiro atoms. The third kappa shape index (κ3) is 5.35. The zero-order valence-corrected chi connectivity index (χ0v) is 19.7. The molecular weight excluding hydrogens is 442 g/mol. The second-order valence-electron chi connectivity index (χ2n) is 7.22. The van der Waals surface area contributed by atoms with Crippen LogP contribution < -0.4 is 10.2 Å². The molecule has 0 saturated carbocycles. The molecule has 1 saturated heterocycles. The van der Waals surface area contributed by atoms with Gasteiger partial charge >= 0.3 is 0 Å². The van der Waals surface area contributed by atoms with Gasteiger partial charge in [-0.25, -0.2) is 8.42 Å². The highest BCUT2D eigenvalue weighted by atomic mass is 35.5. The zero-order chi connectivity index (χ0) is 21.7. The van der Waals surface area contributed by atoms with Crippen LogP contribution in [-0.2, 0) is 21.2 Å². The predicted octanol–water partition coefficient (Wildman–Crippen LogP) is 4.60. The van der Waals surface area contributed by atoms with E-state index in [9.17, 15) is 13.2 Å². The Morgan fingerprint density at radius 3 is 2.47 bits per heavy atom. The highest BCUT2D eigenvalue weighted by Crippen LogP contribution is 2.32. The second kappa shape index (κ2) is 10.1. The van der Waals surface area contributed by atoms with Crippen molar-refractivity contribution in [3.8, 4) is 0 Å². The Kier molecular flexibility index (Phi) is 7.79. The number of nitrogens with zero attached hydrogens (tertiary/aromatic N) is 2. The number of nitrogens with one attached hydrogen (secondary N) is 1. The number of amides is 1. The van der Waals surface area contributed by atoms with Crippen molar-refractivity contribution < 1.29 is 13.2 Å². The minimum atomic E-state index is -3.60. The maximum absolute atomic E-state index is 13.0. The lowest BCUT2D eigenvalue weighted by Gasteiger charge is -2.24. The molecule has 1 amide bonds. The molecule has 1 fully saturated rings. The van der Waals surface area contributed by atoms with Gasteiger partial charge in [0.1, 0.15) is 0 Å². The molecule has 9 heteroatoms. The highest BCUT2D eigenvalue weighted by Gasteiger charge is 2.25. The molecule has 2 aromatic rings. The molecular formula is C21H28ClN3O3S2. The number of carbonyl (C=O) groups excluding carboxylic acids is 1. The van der Waals surface area contributed by atoms with Gasteiger partial charge in [0.15, 0.2) is 0 Å². The molecule has 1 aliphatic rings. The second-order valence-corrected chi connectivity index (χ2v) is 11.0. The third-order valence-electron chi connectivity index (χ3n) is 5.26. The van der Waals surface area contributed by atoms with Crippen LogP contribution in [0.3, 0.4) is 0 Å². The van der Waals surface area contributed by atoms with Crippen molar-refractivity contribution in [2.24, 2.45) is 0 Å². The van der Waals surface area contributed by atoms with E-state index in [0.717, 1.165) is 36.5 Å². The van der Waals surface area contributed by atoms with E-state index in [4.69, 9.17) is 11.6 Å². The van der Waals surface area contributed by atoms with Crippen molar-refractivity contribution in [3.63, 3.8) is 0 Å². The number of sulfonamides is 1. The summed E-state index contributed by atoms with van der Waals surface area (Å²) in [4.78, 5) is 16.1. The lowest BCUT2D eigenvalue weighted by molar-refractivity contribution is -0.116. The van der Waals surface area contributed by atoms with Crippen LogP contribution >= 0.6 is 22.9 Å². The summed E-state index contributed by atoms with van der Waals surface area (Å²) in [5.41, 5.74) is 1.43. The van der Waals surface area contributed by atoms with Gasteiger partial charge in [0.2, 0.25) is 15.9 Å². The normalized spacial score (nSPS) is 14.5. The molecule has 1 N–H and O–H groups in total. The fourth-order valence-corrected chi connectivity index (χ4v) is 6.23. The molecule has 164 valence electrons. The third-order valence-corrected chi connectivity index (χ3v) is 8.60. The standard InChI is InChI=1S/C21H28ClN3O3S2/c1-3-25(4-2)30(27,28)17-9-10-19(24-13-5-6-14-24)18(15-17)23-21(26)12-8-16-7-11-20(22)29-16/h7,9-11,15H,3-6,8,12-14H2,1-2H3,(H,23,26). The topological polar surface area (TPSA) is 69.7 Å². The Labute approximate surface area is 187 Å². The molecule has 1 aromatic heterocycles. The minimum Gasteiger partial charge on any atom is -0.370 e. The molecule has 1 aromatic carbocycles. The van der Waals surface area contributed by atoms with Gasteiger partial charge < -0.3 is 10.2 Å². The quantitative estimate of drug-likeness (QED) is 0.582. The van der Waals surface area contributed by atoms with Crippen molar-refractivity contribution in [1.29, 1.82) is 0 Å². The fourth-order valence-electron chi connectivity index (χ4n) is 3.66. The average Bonchev–Trinajstić information content (AvgIpc) is 3.39. The van der Waals surface area contributed by atoms with Crippen molar-refractivity contribution in [2.75, 3.05) is 36.4 Å². The van der Waals surface area contributed by atoms with Gasteiger partial charge in [-0.1, -0.05) is 25.4 Å². The van der Waals surface area contributed by atoms with E-state index in [1.807, 2.05) is 32.0 Å². The van der Waals surface area contributed by atoms with E-state index in [-0.39, 0.29) is 10.8 Å². The lowest BCUT2D eigenvalue weighted by atomic mass is 10.2. The molecule has 0 atom stereocenters. The first-order valence-electron chi connectivity index (χ1n) is 10.3. The molecule has 1 aliphatic heterocycles. The van der Waals surface area contributed by atoms with Crippen LogP contribution in [0.15, 0.2) is 35.2 Å². The SMILES string of the molecule is CCN(CC)S(=O)(=O)c1ccc(N2CCCC2)c(NC(=O)CCc2ccc(Cl)s2)c1. The van der Waals surface area contributed by atoms with Crippen LogP contribution in [0.1, 0.15) is 38.0 Å². The highest BCUT2D eigenvalue weighted by molar-refractivity contribution is 7.89. The van der Waals surface area contributed by atoms with Crippen LogP contribution in [0.4, 0.5) is 11.4 Å². The number of thiophene rings is 1. The molecule has 0 aliphatic carbocycles. The van der Waals surface area contributed by atoms with E-state index in [1.165, 1.54) is 15.6 Å². The van der Waals surface area contributed by atoms with Gasteiger partial charge in [-0.05, 0) is 49.6 Å². The molecule has 6 nitrogen and oxygen atoms in total. The van der Waals surface area contributed by atoms with E-state index in [2.05, 4.69) is 10.2 Å². The predicted molar refractivity (Wildman–Crippen MR) is 124 cm³/mol. The molecule has 3 rings (SSSR count). The summed E-state index contributed by atoms with van der Waals surface area (Å²) in [6.07, 6.45) is 3.08. The van der Waals surface area contributed by atoms with Crippen LogP contribution in [0.2, 0.25) is 4.34 Å². The maximum atomic E-state index is 13.0. The van der Waals surface area contributed by atoms with Gasteiger partial charge in [0.05, 0.1) is 20.6 Å². The van der Waals surface area contributed by atoms with Crippen molar-refractivity contribution >= 4 is 50.2 Å². The van der Waals surface area contributed by atoms with E-state index in [0.29, 0.717) is 36.0 Å². The molecule has 0 unspecified atom stereocenters. The number of hydrogen-bond donors (Lipinski definition) is 1. The summed E-state index contributed by atoms with van der Waals surface area (Å²) in [5, 5.41) is 2.96. The van der Waals surface area contributed by atoms with E-state index >= 15 is 0 Å². The summed E-state index contributed by atoms with van der Waals surface area (Å²) in [6, 6.07) is 8.81. The first-order chi connectivity index (χ1) is 14.3. The summed E-state index contributed by atoms with van der Waals surface area (Å²) in [7, 11) is -3.60. The first-order valence-corrected chi connectivity index (χ1v) is 12.9. The Balaban J connectivity index is 1.84. The summed E-state index contributed by atoms with van der Waals surface area (Å²) in [6.45, 7) is 6.24. The van der Waals surface area contributed by atoms with Crippen molar-refractivity contribution in [3.05, 3.63) is 39.5 Å². The van der Waals surface area contributed by atoms with E-state index < -0.39 is 10.0 Å². The van der Waals surface area contributed by atoms with Crippen LogP contribution in [0, 0.1) is 0 Å². The molecule has 2 heterocycles. The van der Waals surface area contributed by atoms with Gasteiger partial charge in [-0.15, -0.1) is 11.3 Å². The van der Waals surface area contributed by atoms with Crippen LogP contribution in [0.5, 0.6) is 0 Å². The number of benzene rings is 1. The fraction of sp³-hybridized carbons (Fsp3) is 0.476. The molecule has 0 bridgehead atoms. The summed E-state index contributed by atoms with van der Waals surface area (Å²) in [5.74, 6) is -0.141. The van der Waals surface area contributed by atoms with Crippen molar-refractivity contribution in [2.45, 2.75) is 44.4 Å². The van der Waals surface area contributed by atoms with Gasteiger partial charge in [0.25, 0.3) is 0 Å². The Morgan fingerprint density at radius 1 is 1.17 bits per heavy atom. The number of rotatable bonds is 9. The number of aryl methyl sites for hydroxylation is 1. The summed E-state index contributed by atoms with van der Waals surface area (Å²) < 4.78 is 28.1. The summed E-state index contributed by atoms with van der Waals surface area (Å²) >= 11 is 7.43. The van der Waals surface area contributed by atoms with Gasteiger partial charge in [-0.3, -0.25) is 4.79 Å². The lowest BCUT2D eigenvalue weighted by Crippen LogP contribution is -2.31. The van der Waals surface area contributed by atoms with Gasteiger partial charge in [0, 0.05) is 37.5 Å². The van der Waals surface area contributed by atoms with E-state index in [1.54, 1.807) is 12.1 Å². The molecule has 30 heavy (non-hydrogen) atoms. The van der Waals surface area contributed by atoms with Crippen LogP contribution in [0.25, 0.3) is 0 Å². The van der Waals surface area contributed by atoms with Gasteiger partial charge in [-0.2, -0.15) is 4.31 Å². The Morgan fingerprint density at radius 2 is 1.87 bits per heavy atom. The Hall–Kier alpha value is -1.61. The first kappa shape index (κ1) is 23.1. The number of halogens is 1. The van der Waals surface area contributed by atoms with Crippen molar-refractivity contribution in [1.82, 2.24) is 4.31 Å². The monoisotopic (exact) mass is 469 g/mol. The molecule has 0 radical (unpaired) electrons. The average molecular weight is 470 g/mol. The number of hydrogen-bond acceptors (Lipinski definition) is 5.